The Bertz CT molecular complexity index is 993. The van der Waals surface area contributed by atoms with E-state index in [0.717, 1.165) is 5.69 Å². The molecular weight excluding hydrogens is 374 g/mol. The first kappa shape index (κ1) is 19.3. The topological polar surface area (TPSA) is 83.4 Å². The van der Waals surface area contributed by atoms with Gasteiger partial charge in [0.05, 0.1) is 12.7 Å². The van der Waals surface area contributed by atoms with Crippen LogP contribution >= 0.6 is 11.3 Å². The van der Waals surface area contributed by atoms with Gasteiger partial charge in [0.25, 0.3) is 0 Å². The number of methoxy groups -OCH3 is 1. The minimum Gasteiger partial charge on any atom is -0.493 e. The number of ether oxygens (including phenoxy) is 2. The quantitative estimate of drug-likeness (QED) is 0.599. The van der Waals surface area contributed by atoms with Crippen LogP contribution in [0.3, 0.4) is 0 Å². The summed E-state index contributed by atoms with van der Waals surface area (Å²) in [6, 6.07) is 18.0. The van der Waals surface area contributed by atoms with Crippen molar-refractivity contribution in [3.05, 3.63) is 65.5 Å². The number of thiophene rings is 1. The predicted molar refractivity (Wildman–Crippen MR) is 110 cm³/mol. The molecule has 1 aromatic heterocycles. The SMILES string of the molecule is COc1ccccc1Oc1ccc(N[C@@H](C)C(=O)Nc2sccc2C#N)cc1. The fraction of sp³-hybridized carbons (Fsp3) is 0.143. The van der Waals surface area contributed by atoms with Gasteiger partial charge in [0.2, 0.25) is 5.91 Å². The number of carbonyl (C=O) groups is 1. The summed E-state index contributed by atoms with van der Waals surface area (Å²) < 4.78 is 11.1. The Balaban J connectivity index is 1.60. The number of nitrogens with one attached hydrogen (secondary N) is 2. The molecular formula is C21H19N3O3S. The van der Waals surface area contributed by atoms with Gasteiger partial charge in [0.15, 0.2) is 11.5 Å². The van der Waals surface area contributed by atoms with Gasteiger partial charge < -0.3 is 20.1 Å². The van der Waals surface area contributed by atoms with Gasteiger partial charge in [-0.25, -0.2) is 0 Å². The highest BCUT2D eigenvalue weighted by Crippen LogP contribution is 2.31. The van der Waals surface area contributed by atoms with Gasteiger partial charge in [0.1, 0.15) is 22.9 Å². The molecule has 0 fully saturated rings. The molecule has 6 nitrogen and oxygen atoms in total. The first-order valence-corrected chi connectivity index (χ1v) is 9.44. The van der Waals surface area contributed by atoms with Gasteiger partial charge in [-0.3, -0.25) is 4.79 Å². The summed E-state index contributed by atoms with van der Waals surface area (Å²) in [6.07, 6.45) is 0. The van der Waals surface area contributed by atoms with E-state index < -0.39 is 6.04 Å². The lowest BCUT2D eigenvalue weighted by Gasteiger charge is -2.15. The van der Waals surface area contributed by atoms with Gasteiger partial charge in [-0.1, -0.05) is 12.1 Å². The zero-order chi connectivity index (χ0) is 19.9. The maximum Gasteiger partial charge on any atom is 0.247 e. The summed E-state index contributed by atoms with van der Waals surface area (Å²) in [4.78, 5) is 12.3. The minimum atomic E-state index is -0.477. The fourth-order valence-electron chi connectivity index (χ4n) is 2.48. The molecule has 7 heteroatoms. The van der Waals surface area contributed by atoms with Crippen LogP contribution in [0.4, 0.5) is 10.7 Å². The molecule has 1 amide bonds. The van der Waals surface area contributed by atoms with Crippen LogP contribution in [0.2, 0.25) is 0 Å². The number of carbonyl (C=O) groups excluding carboxylic acids is 1. The van der Waals surface area contributed by atoms with Crippen LogP contribution < -0.4 is 20.1 Å². The summed E-state index contributed by atoms with van der Waals surface area (Å²) in [5, 5.41) is 17.3. The molecule has 0 aliphatic rings. The van der Waals surface area contributed by atoms with Crippen molar-refractivity contribution in [1.82, 2.24) is 0 Å². The van der Waals surface area contributed by atoms with E-state index in [4.69, 9.17) is 14.7 Å². The van der Waals surface area contributed by atoms with E-state index in [-0.39, 0.29) is 5.91 Å². The lowest BCUT2D eigenvalue weighted by atomic mass is 10.2. The van der Waals surface area contributed by atoms with Crippen molar-refractivity contribution in [2.75, 3.05) is 17.7 Å². The number of nitrogens with zero attached hydrogens (tertiary/aromatic N) is 1. The lowest BCUT2D eigenvalue weighted by molar-refractivity contribution is -0.116. The van der Waals surface area contributed by atoms with Gasteiger partial charge in [-0.05, 0) is 54.8 Å². The number of para-hydroxylation sites is 2. The average molecular weight is 393 g/mol. The Kier molecular flexibility index (Phi) is 6.14. The van der Waals surface area contributed by atoms with Gasteiger partial charge in [-0.15, -0.1) is 11.3 Å². The number of hydrogen-bond acceptors (Lipinski definition) is 6. The van der Waals surface area contributed by atoms with Crippen molar-refractivity contribution in [2.45, 2.75) is 13.0 Å². The third-order valence-corrected chi connectivity index (χ3v) is 4.78. The second kappa shape index (κ2) is 8.93. The molecule has 3 aromatic rings. The molecule has 2 N–H and O–H groups in total. The second-order valence-electron chi connectivity index (χ2n) is 5.91. The number of rotatable bonds is 7. The zero-order valence-corrected chi connectivity index (χ0v) is 16.2. The predicted octanol–water partition coefficient (Wildman–Crippen LogP) is 4.86. The number of amides is 1. The molecule has 0 unspecified atom stereocenters. The van der Waals surface area contributed by atoms with Crippen molar-refractivity contribution >= 4 is 27.9 Å². The molecule has 2 aromatic carbocycles. The lowest BCUT2D eigenvalue weighted by Crippen LogP contribution is -2.31. The number of anilines is 2. The maximum absolute atomic E-state index is 12.3. The van der Waals surface area contributed by atoms with Crippen LogP contribution in [-0.4, -0.2) is 19.1 Å². The second-order valence-corrected chi connectivity index (χ2v) is 6.82. The summed E-state index contributed by atoms with van der Waals surface area (Å²) in [7, 11) is 1.59. The molecule has 0 bridgehead atoms. The molecule has 1 heterocycles. The first-order chi connectivity index (χ1) is 13.6. The molecule has 0 spiro atoms. The standard InChI is InChI=1S/C21H19N3O3S/c1-14(20(25)24-21-15(13-22)11-12-28-21)23-16-7-9-17(10-8-16)27-19-6-4-3-5-18(19)26-2/h3-12,14,23H,1-2H3,(H,24,25)/t14-/m0/s1. The average Bonchev–Trinajstić information content (AvgIpc) is 3.17. The third-order valence-electron chi connectivity index (χ3n) is 3.95. The number of nitriles is 1. The summed E-state index contributed by atoms with van der Waals surface area (Å²) >= 11 is 1.32. The highest BCUT2D eigenvalue weighted by atomic mass is 32.1. The van der Waals surface area contributed by atoms with Crippen LogP contribution in [0.25, 0.3) is 0 Å². The molecule has 3 rings (SSSR count). The van der Waals surface area contributed by atoms with Crippen LogP contribution in [0, 0.1) is 11.3 Å². The maximum atomic E-state index is 12.3. The number of benzene rings is 2. The largest absolute Gasteiger partial charge is 0.493 e. The Morgan fingerprint density at radius 2 is 1.82 bits per heavy atom. The Labute approximate surface area is 167 Å². The van der Waals surface area contributed by atoms with Gasteiger partial charge in [0, 0.05) is 5.69 Å². The van der Waals surface area contributed by atoms with Crippen molar-refractivity contribution in [3.8, 4) is 23.3 Å². The molecule has 28 heavy (non-hydrogen) atoms. The fourth-order valence-corrected chi connectivity index (χ4v) is 3.22. The third kappa shape index (κ3) is 4.61. The van der Waals surface area contributed by atoms with Crippen LogP contribution in [-0.2, 0) is 4.79 Å². The Hall–Kier alpha value is -3.50. The van der Waals surface area contributed by atoms with Crippen molar-refractivity contribution in [2.24, 2.45) is 0 Å². The molecule has 0 saturated carbocycles. The van der Waals surface area contributed by atoms with E-state index in [1.807, 2.05) is 48.5 Å². The van der Waals surface area contributed by atoms with Gasteiger partial charge >= 0.3 is 0 Å². The Morgan fingerprint density at radius 3 is 2.50 bits per heavy atom. The first-order valence-electron chi connectivity index (χ1n) is 8.56. The molecule has 0 radical (unpaired) electrons. The Morgan fingerprint density at radius 1 is 1.11 bits per heavy atom. The van der Waals surface area contributed by atoms with E-state index in [0.29, 0.717) is 27.8 Å². The molecule has 142 valence electrons. The van der Waals surface area contributed by atoms with Crippen molar-refractivity contribution in [3.63, 3.8) is 0 Å². The monoisotopic (exact) mass is 393 g/mol. The highest BCUT2D eigenvalue weighted by Gasteiger charge is 2.15. The number of hydrogen-bond donors (Lipinski definition) is 2. The molecule has 0 aliphatic carbocycles. The van der Waals surface area contributed by atoms with E-state index in [9.17, 15) is 4.79 Å². The van der Waals surface area contributed by atoms with E-state index in [2.05, 4.69) is 16.7 Å². The molecule has 0 saturated heterocycles. The minimum absolute atomic E-state index is 0.215. The smallest absolute Gasteiger partial charge is 0.247 e. The normalized spacial score (nSPS) is 11.2. The summed E-state index contributed by atoms with van der Waals surface area (Å²) in [5.41, 5.74) is 1.24. The van der Waals surface area contributed by atoms with Crippen LogP contribution in [0.5, 0.6) is 17.2 Å². The van der Waals surface area contributed by atoms with E-state index in [1.54, 1.807) is 25.5 Å². The van der Waals surface area contributed by atoms with Crippen molar-refractivity contribution < 1.29 is 14.3 Å². The summed E-state index contributed by atoms with van der Waals surface area (Å²) in [5.74, 6) is 1.72. The molecule has 0 aliphatic heterocycles. The van der Waals surface area contributed by atoms with Crippen LogP contribution in [0.15, 0.2) is 60.0 Å². The highest BCUT2D eigenvalue weighted by molar-refractivity contribution is 7.14. The van der Waals surface area contributed by atoms with Crippen LogP contribution in [0.1, 0.15) is 12.5 Å². The van der Waals surface area contributed by atoms with E-state index in [1.165, 1.54) is 11.3 Å². The van der Waals surface area contributed by atoms with Crippen molar-refractivity contribution in [1.29, 1.82) is 5.26 Å². The van der Waals surface area contributed by atoms with E-state index >= 15 is 0 Å². The molecule has 1 atom stereocenters. The summed E-state index contributed by atoms with van der Waals surface area (Å²) in [6.45, 7) is 1.76. The van der Waals surface area contributed by atoms with Gasteiger partial charge in [-0.2, -0.15) is 5.26 Å². The zero-order valence-electron chi connectivity index (χ0n) is 15.4.